The molecular weight excluding hydrogens is 406 g/mol. The van der Waals surface area contributed by atoms with Gasteiger partial charge in [0.15, 0.2) is 17.3 Å². The summed E-state index contributed by atoms with van der Waals surface area (Å²) in [5.74, 6) is 1.47. The van der Waals surface area contributed by atoms with Crippen molar-refractivity contribution in [1.29, 1.82) is 0 Å². The predicted molar refractivity (Wildman–Crippen MR) is 121 cm³/mol. The van der Waals surface area contributed by atoms with Gasteiger partial charge in [0.1, 0.15) is 0 Å². The first-order valence-corrected chi connectivity index (χ1v) is 11.6. The Labute approximate surface area is 188 Å². The van der Waals surface area contributed by atoms with Crippen LogP contribution in [-0.2, 0) is 0 Å². The zero-order valence-corrected chi connectivity index (χ0v) is 18.9. The topological polar surface area (TPSA) is 64.0 Å². The molecule has 2 aromatic rings. The average Bonchev–Trinajstić information content (AvgIpc) is 3.53. The Hall–Kier alpha value is -2.80. The number of benzene rings is 1. The van der Waals surface area contributed by atoms with Gasteiger partial charge in [-0.25, -0.2) is 0 Å². The van der Waals surface area contributed by atoms with Crippen LogP contribution in [0.4, 0.5) is 0 Å². The Morgan fingerprint density at radius 3 is 2.44 bits per heavy atom. The van der Waals surface area contributed by atoms with E-state index < -0.39 is 0 Å². The summed E-state index contributed by atoms with van der Waals surface area (Å²) in [5.41, 5.74) is 3.76. The van der Waals surface area contributed by atoms with Gasteiger partial charge in [0.25, 0.3) is 5.91 Å². The van der Waals surface area contributed by atoms with Gasteiger partial charge < -0.3 is 18.9 Å². The van der Waals surface area contributed by atoms with Gasteiger partial charge in [-0.3, -0.25) is 14.5 Å². The number of aromatic nitrogens is 1. The van der Waals surface area contributed by atoms with Gasteiger partial charge in [-0.2, -0.15) is 0 Å². The Morgan fingerprint density at radius 2 is 1.69 bits per heavy atom. The highest BCUT2D eigenvalue weighted by molar-refractivity contribution is 5.99. The molecule has 0 bridgehead atoms. The normalized spacial score (nSPS) is 19.0. The molecule has 1 saturated carbocycles. The molecule has 1 saturated heterocycles. The summed E-state index contributed by atoms with van der Waals surface area (Å²) >= 11 is 0. The van der Waals surface area contributed by atoms with Crippen molar-refractivity contribution in [3.05, 3.63) is 46.8 Å². The third kappa shape index (κ3) is 3.90. The van der Waals surface area contributed by atoms with Crippen LogP contribution < -0.4 is 9.47 Å². The van der Waals surface area contributed by atoms with Crippen LogP contribution in [0.3, 0.4) is 0 Å². The minimum Gasteiger partial charge on any atom is -0.454 e. The Morgan fingerprint density at radius 1 is 0.969 bits per heavy atom. The fraction of sp³-hybridized carbons (Fsp3) is 0.520. The van der Waals surface area contributed by atoms with Gasteiger partial charge in [-0.15, -0.1) is 0 Å². The van der Waals surface area contributed by atoms with Crippen LogP contribution in [0, 0.1) is 13.8 Å². The predicted octanol–water partition coefficient (Wildman–Crippen LogP) is 3.59. The molecule has 0 radical (unpaired) electrons. The fourth-order valence-electron chi connectivity index (χ4n) is 5.39. The van der Waals surface area contributed by atoms with E-state index in [-0.39, 0.29) is 18.5 Å². The highest BCUT2D eigenvalue weighted by atomic mass is 16.7. The second kappa shape index (κ2) is 8.62. The lowest BCUT2D eigenvalue weighted by molar-refractivity contribution is 0.0624. The molecular formula is C25H31N3O4. The van der Waals surface area contributed by atoms with Crippen molar-refractivity contribution in [2.24, 2.45) is 0 Å². The number of amides is 1. The highest BCUT2D eigenvalue weighted by Crippen LogP contribution is 2.34. The molecule has 0 N–H and O–H groups in total. The second-order valence-electron chi connectivity index (χ2n) is 9.15. The minimum absolute atomic E-state index is 0.00520. The lowest BCUT2D eigenvalue weighted by atomic mass is 10.1. The van der Waals surface area contributed by atoms with Crippen LogP contribution in [0.15, 0.2) is 24.3 Å². The van der Waals surface area contributed by atoms with Gasteiger partial charge in [0, 0.05) is 54.7 Å². The summed E-state index contributed by atoms with van der Waals surface area (Å²) in [4.78, 5) is 30.0. The summed E-state index contributed by atoms with van der Waals surface area (Å²) < 4.78 is 13.1. The van der Waals surface area contributed by atoms with Crippen molar-refractivity contribution in [1.82, 2.24) is 14.4 Å². The van der Waals surface area contributed by atoms with E-state index >= 15 is 0 Å². The molecule has 1 aromatic carbocycles. The van der Waals surface area contributed by atoms with Crippen LogP contribution >= 0.6 is 0 Å². The molecule has 3 heterocycles. The molecule has 1 aliphatic carbocycles. The van der Waals surface area contributed by atoms with Gasteiger partial charge in [-0.1, -0.05) is 12.8 Å². The largest absolute Gasteiger partial charge is 0.454 e. The average molecular weight is 438 g/mol. The van der Waals surface area contributed by atoms with E-state index in [9.17, 15) is 9.59 Å². The smallest absolute Gasteiger partial charge is 0.254 e. The molecule has 0 spiro atoms. The molecule has 5 rings (SSSR count). The van der Waals surface area contributed by atoms with E-state index in [4.69, 9.17) is 9.47 Å². The van der Waals surface area contributed by atoms with E-state index in [1.165, 1.54) is 31.4 Å². The number of rotatable bonds is 5. The Balaban J connectivity index is 1.19. The number of ether oxygens (including phenoxy) is 2. The number of aryl methyl sites for hydroxylation is 1. The third-order valence-electron chi connectivity index (χ3n) is 7.12. The van der Waals surface area contributed by atoms with Crippen LogP contribution in [0.1, 0.15) is 63.8 Å². The summed E-state index contributed by atoms with van der Waals surface area (Å²) in [6.45, 7) is 7.42. The fourth-order valence-corrected chi connectivity index (χ4v) is 5.39. The minimum atomic E-state index is -0.00520. The Kier molecular flexibility index (Phi) is 5.67. The van der Waals surface area contributed by atoms with Crippen molar-refractivity contribution in [3.8, 4) is 11.5 Å². The monoisotopic (exact) mass is 437 g/mol. The van der Waals surface area contributed by atoms with E-state index in [0.717, 1.165) is 11.3 Å². The number of carbonyl (C=O) groups excluding carboxylic acids is 2. The van der Waals surface area contributed by atoms with Crippen LogP contribution in [0.25, 0.3) is 0 Å². The number of hydrogen-bond donors (Lipinski definition) is 0. The summed E-state index contributed by atoms with van der Waals surface area (Å²) in [5, 5.41) is 0. The van der Waals surface area contributed by atoms with E-state index in [1.54, 1.807) is 18.2 Å². The quantitative estimate of drug-likeness (QED) is 0.669. The molecule has 1 amide bonds. The number of hydrogen-bond acceptors (Lipinski definition) is 5. The van der Waals surface area contributed by atoms with Crippen LogP contribution in [0.2, 0.25) is 0 Å². The summed E-state index contributed by atoms with van der Waals surface area (Å²) in [6.07, 6.45) is 4.98. The molecule has 0 atom stereocenters. The second-order valence-corrected chi connectivity index (χ2v) is 9.15. The van der Waals surface area contributed by atoms with Crippen molar-refractivity contribution in [2.75, 3.05) is 39.5 Å². The van der Waals surface area contributed by atoms with Crippen molar-refractivity contribution < 1.29 is 19.1 Å². The van der Waals surface area contributed by atoms with Gasteiger partial charge in [-0.05, 0) is 51.0 Å². The van der Waals surface area contributed by atoms with Gasteiger partial charge in [0.05, 0.1) is 6.54 Å². The lowest BCUT2D eigenvalue weighted by Crippen LogP contribution is -2.49. The molecule has 7 heteroatoms. The van der Waals surface area contributed by atoms with Crippen molar-refractivity contribution >= 4 is 11.7 Å². The molecule has 3 aliphatic rings. The summed E-state index contributed by atoms with van der Waals surface area (Å²) in [7, 11) is 0. The molecule has 1 aromatic heterocycles. The highest BCUT2D eigenvalue weighted by Gasteiger charge is 2.27. The molecule has 2 fully saturated rings. The Bertz CT molecular complexity index is 1030. The van der Waals surface area contributed by atoms with E-state index in [2.05, 4.69) is 29.4 Å². The van der Waals surface area contributed by atoms with Crippen molar-refractivity contribution in [2.45, 2.75) is 45.6 Å². The summed E-state index contributed by atoms with van der Waals surface area (Å²) in [6, 6.07) is 7.93. The maximum absolute atomic E-state index is 13.1. The maximum Gasteiger partial charge on any atom is 0.254 e. The SMILES string of the molecule is Cc1cc(C(=O)CN2CCN(C(=O)c3ccc4c(c3)OCO4)CC2)c(C)n1C1CCCC1. The molecule has 170 valence electrons. The standard InChI is InChI=1S/C25H31N3O4/c1-17-13-21(18(2)28(17)20-5-3-4-6-20)22(29)15-26-9-11-27(12-10-26)25(30)19-7-8-23-24(14-19)32-16-31-23/h7-8,13-14,20H,3-6,9-12,15-16H2,1-2H3. The molecule has 7 nitrogen and oxygen atoms in total. The van der Waals surface area contributed by atoms with E-state index in [1.807, 2.05) is 4.90 Å². The number of carbonyl (C=O) groups is 2. The first kappa shape index (κ1) is 21.1. The van der Waals surface area contributed by atoms with Gasteiger partial charge >= 0.3 is 0 Å². The maximum atomic E-state index is 13.1. The van der Waals surface area contributed by atoms with Crippen molar-refractivity contribution in [3.63, 3.8) is 0 Å². The number of nitrogens with zero attached hydrogens (tertiary/aromatic N) is 3. The zero-order chi connectivity index (χ0) is 22.2. The van der Waals surface area contributed by atoms with Crippen LogP contribution in [0.5, 0.6) is 11.5 Å². The number of fused-ring (bicyclic) bond motifs is 1. The lowest BCUT2D eigenvalue weighted by Gasteiger charge is -2.34. The van der Waals surface area contributed by atoms with Crippen LogP contribution in [-0.4, -0.2) is 65.6 Å². The number of ketones is 1. The molecule has 32 heavy (non-hydrogen) atoms. The molecule has 2 aliphatic heterocycles. The third-order valence-corrected chi connectivity index (χ3v) is 7.12. The number of piperazine rings is 1. The molecule has 0 unspecified atom stereocenters. The first-order valence-electron chi connectivity index (χ1n) is 11.6. The van der Waals surface area contributed by atoms with E-state index in [0.29, 0.717) is 55.8 Å². The van der Waals surface area contributed by atoms with Gasteiger partial charge in [0.2, 0.25) is 6.79 Å². The number of Topliss-reactive ketones (excluding diaryl/α,β-unsaturated/α-hetero) is 1. The first-order chi connectivity index (χ1) is 15.5. The zero-order valence-electron chi connectivity index (χ0n) is 18.9.